The monoisotopic (exact) mass is 355 g/mol. The van der Waals surface area contributed by atoms with E-state index in [9.17, 15) is 9.59 Å². The van der Waals surface area contributed by atoms with Crippen LogP contribution in [0.15, 0.2) is 47.3 Å². The maximum atomic E-state index is 12.5. The predicted octanol–water partition coefficient (Wildman–Crippen LogP) is 3.03. The molecule has 3 rings (SSSR count). The van der Waals surface area contributed by atoms with Gasteiger partial charge in [0.1, 0.15) is 0 Å². The fraction of sp³-hybridized carbons (Fsp3) is 0.400. The van der Waals surface area contributed by atoms with Gasteiger partial charge in [-0.2, -0.15) is 0 Å². The molecule has 6 nitrogen and oxygen atoms in total. The minimum absolute atomic E-state index is 0.0619. The number of hydrogen-bond acceptors (Lipinski definition) is 3. The van der Waals surface area contributed by atoms with Crippen molar-refractivity contribution in [2.75, 3.05) is 20.1 Å². The topological polar surface area (TPSA) is 65.8 Å². The van der Waals surface area contributed by atoms with Gasteiger partial charge >= 0.3 is 6.03 Å². The first-order valence-electron chi connectivity index (χ1n) is 8.91. The van der Waals surface area contributed by atoms with Crippen LogP contribution in [0.4, 0.5) is 4.79 Å². The number of carbonyl (C=O) groups excluding carboxylic acids is 2. The molecule has 1 aromatic carbocycles. The zero-order chi connectivity index (χ0) is 18.5. The van der Waals surface area contributed by atoms with Crippen LogP contribution in [0.5, 0.6) is 0 Å². The molecule has 26 heavy (non-hydrogen) atoms. The summed E-state index contributed by atoms with van der Waals surface area (Å²) < 4.78 is 5.03. The van der Waals surface area contributed by atoms with E-state index < -0.39 is 0 Å². The first kappa shape index (κ1) is 18.0. The summed E-state index contributed by atoms with van der Waals surface area (Å²) in [5, 5.41) is 3.06. The maximum absolute atomic E-state index is 12.5. The smallest absolute Gasteiger partial charge is 0.317 e. The summed E-state index contributed by atoms with van der Waals surface area (Å²) in [5.74, 6) is 0.0619. The summed E-state index contributed by atoms with van der Waals surface area (Å²) in [7, 11) is 1.76. The Labute approximate surface area is 153 Å². The SMILES string of the molecule is Cc1ccc(C(=O)N2CCC(NC(=O)N(C)Cc3ccoc3)CC2)cc1. The van der Waals surface area contributed by atoms with Crippen molar-refractivity contribution < 1.29 is 14.0 Å². The fourth-order valence-corrected chi connectivity index (χ4v) is 3.12. The van der Waals surface area contributed by atoms with E-state index in [0.717, 1.165) is 29.5 Å². The molecule has 0 atom stereocenters. The first-order chi connectivity index (χ1) is 12.5. The molecule has 1 aromatic heterocycles. The van der Waals surface area contributed by atoms with Crippen molar-refractivity contribution in [3.05, 3.63) is 59.5 Å². The molecule has 1 aliphatic rings. The van der Waals surface area contributed by atoms with Crippen LogP contribution in [-0.4, -0.2) is 47.9 Å². The maximum Gasteiger partial charge on any atom is 0.317 e. The third-order valence-electron chi connectivity index (χ3n) is 4.75. The zero-order valence-corrected chi connectivity index (χ0v) is 15.3. The second-order valence-corrected chi connectivity index (χ2v) is 6.87. The molecule has 2 aromatic rings. The van der Waals surface area contributed by atoms with Gasteiger partial charge in [0.25, 0.3) is 5.91 Å². The number of nitrogens with zero attached hydrogens (tertiary/aromatic N) is 2. The number of urea groups is 1. The Morgan fingerprint density at radius 1 is 1.19 bits per heavy atom. The van der Waals surface area contributed by atoms with Gasteiger partial charge in [-0.1, -0.05) is 17.7 Å². The molecule has 1 saturated heterocycles. The lowest BCUT2D eigenvalue weighted by Crippen LogP contribution is -2.49. The number of benzene rings is 1. The molecular formula is C20H25N3O3. The number of rotatable bonds is 4. The van der Waals surface area contributed by atoms with E-state index in [0.29, 0.717) is 19.6 Å². The van der Waals surface area contributed by atoms with Crippen LogP contribution in [0.2, 0.25) is 0 Å². The van der Waals surface area contributed by atoms with Gasteiger partial charge in [-0.05, 0) is 38.0 Å². The Morgan fingerprint density at radius 3 is 2.50 bits per heavy atom. The van der Waals surface area contributed by atoms with Crippen molar-refractivity contribution in [3.63, 3.8) is 0 Å². The highest BCUT2D eigenvalue weighted by molar-refractivity contribution is 5.94. The quantitative estimate of drug-likeness (QED) is 0.917. The van der Waals surface area contributed by atoms with E-state index in [1.807, 2.05) is 42.2 Å². The van der Waals surface area contributed by atoms with Crippen molar-refractivity contribution in [2.24, 2.45) is 0 Å². The molecule has 6 heteroatoms. The summed E-state index contributed by atoms with van der Waals surface area (Å²) in [6.45, 7) is 3.82. The van der Waals surface area contributed by atoms with E-state index in [4.69, 9.17) is 4.42 Å². The number of carbonyl (C=O) groups is 2. The van der Waals surface area contributed by atoms with Gasteiger partial charge in [-0.15, -0.1) is 0 Å². The molecular weight excluding hydrogens is 330 g/mol. The first-order valence-corrected chi connectivity index (χ1v) is 8.91. The normalized spacial score (nSPS) is 14.9. The molecule has 3 amide bonds. The second kappa shape index (κ2) is 8.08. The molecule has 1 N–H and O–H groups in total. The minimum Gasteiger partial charge on any atom is -0.472 e. The third kappa shape index (κ3) is 4.45. The number of hydrogen-bond donors (Lipinski definition) is 1. The number of aryl methyl sites for hydroxylation is 1. The van der Waals surface area contributed by atoms with Crippen molar-refractivity contribution in [1.29, 1.82) is 0 Å². The van der Waals surface area contributed by atoms with Gasteiger partial charge in [0, 0.05) is 37.3 Å². The molecule has 0 spiro atoms. The van der Waals surface area contributed by atoms with Gasteiger partial charge in [0.05, 0.1) is 19.1 Å². The average Bonchev–Trinajstić information content (AvgIpc) is 3.15. The van der Waals surface area contributed by atoms with Crippen LogP contribution < -0.4 is 5.32 Å². The minimum atomic E-state index is -0.102. The highest BCUT2D eigenvalue weighted by Gasteiger charge is 2.25. The van der Waals surface area contributed by atoms with E-state index in [1.54, 1.807) is 24.5 Å². The Morgan fingerprint density at radius 2 is 1.88 bits per heavy atom. The number of piperidine rings is 1. The van der Waals surface area contributed by atoms with Gasteiger partial charge < -0.3 is 19.5 Å². The van der Waals surface area contributed by atoms with Gasteiger partial charge in [-0.25, -0.2) is 4.79 Å². The van der Waals surface area contributed by atoms with E-state index in [-0.39, 0.29) is 18.0 Å². The van der Waals surface area contributed by atoms with Crippen LogP contribution in [0, 0.1) is 6.92 Å². The summed E-state index contributed by atoms with van der Waals surface area (Å²) in [4.78, 5) is 28.4. The lowest BCUT2D eigenvalue weighted by atomic mass is 10.0. The fourth-order valence-electron chi connectivity index (χ4n) is 3.12. The summed E-state index contributed by atoms with van der Waals surface area (Å²) >= 11 is 0. The molecule has 138 valence electrons. The highest BCUT2D eigenvalue weighted by atomic mass is 16.3. The molecule has 1 fully saturated rings. The van der Waals surface area contributed by atoms with Crippen LogP contribution in [-0.2, 0) is 6.54 Å². The Bertz CT molecular complexity index is 732. The number of nitrogens with one attached hydrogen (secondary N) is 1. The van der Waals surface area contributed by atoms with Gasteiger partial charge in [0.15, 0.2) is 0 Å². The molecule has 0 aliphatic carbocycles. The van der Waals surface area contributed by atoms with E-state index >= 15 is 0 Å². The van der Waals surface area contributed by atoms with Gasteiger partial charge in [0.2, 0.25) is 0 Å². The van der Waals surface area contributed by atoms with Crippen LogP contribution in [0.25, 0.3) is 0 Å². The third-order valence-corrected chi connectivity index (χ3v) is 4.75. The van der Waals surface area contributed by atoms with Crippen molar-refractivity contribution in [2.45, 2.75) is 32.4 Å². The molecule has 0 bridgehead atoms. The van der Waals surface area contributed by atoms with E-state index in [1.165, 1.54) is 0 Å². The molecule has 1 aliphatic heterocycles. The summed E-state index contributed by atoms with van der Waals surface area (Å²) in [5.41, 5.74) is 2.82. The highest BCUT2D eigenvalue weighted by Crippen LogP contribution is 2.15. The summed E-state index contributed by atoms with van der Waals surface area (Å²) in [6, 6.07) is 9.49. The number of amides is 3. The Kier molecular flexibility index (Phi) is 5.61. The lowest BCUT2D eigenvalue weighted by Gasteiger charge is -2.33. The Balaban J connectivity index is 1.46. The lowest BCUT2D eigenvalue weighted by molar-refractivity contribution is 0.0706. The average molecular weight is 355 g/mol. The van der Waals surface area contributed by atoms with Crippen LogP contribution in [0.1, 0.15) is 34.3 Å². The van der Waals surface area contributed by atoms with Crippen molar-refractivity contribution in [3.8, 4) is 0 Å². The molecule has 0 radical (unpaired) electrons. The molecule has 0 unspecified atom stereocenters. The Hall–Kier alpha value is -2.76. The number of likely N-dealkylation sites (tertiary alicyclic amines) is 1. The van der Waals surface area contributed by atoms with E-state index in [2.05, 4.69) is 5.32 Å². The predicted molar refractivity (Wildman–Crippen MR) is 98.8 cm³/mol. The van der Waals surface area contributed by atoms with Crippen LogP contribution in [0.3, 0.4) is 0 Å². The standard InChI is InChI=1S/C20H25N3O3/c1-15-3-5-17(6-4-15)19(24)23-10-7-18(8-11-23)21-20(25)22(2)13-16-9-12-26-14-16/h3-6,9,12,14,18H,7-8,10-11,13H2,1-2H3,(H,21,25). The number of furan rings is 1. The molecule has 0 saturated carbocycles. The van der Waals surface area contributed by atoms with Crippen LogP contribution >= 0.6 is 0 Å². The second-order valence-electron chi connectivity index (χ2n) is 6.87. The molecule has 2 heterocycles. The summed E-state index contributed by atoms with van der Waals surface area (Å²) in [6.07, 6.45) is 4.77. The van der Waals surface area contributed by atoms with Crippen molar-refractivity contribution in [1.82, 2.24) is 15.1 Å². The zero-order valence-electron chi connectivity index (χ0n) is 15.3. The largest absolute Gasteiger partial charge is 0.472 e. The van der Waals surface area contributed by atoms with Crippen molar-refractivity contribution >= 4 is 11.9 Å². The van der Waals surface area contributed by atoms with Gasteiger partial charge in [-0.3, -0.25) is 4.79 Å².